The number of hydrogen-bond donors (Lipinski definition) is 1. The molecule has 4 rings (SSSR count). The van der Waals surface area contributed by atoms with E-state index in [0.29, 0.717) is 27.6 Å². The number of rotatable bonds is 4. The summed E-state index contributed by atoms with van der Waals surface area (Å²) >= 11 is 0. The Balaban J connectivity index is 1.56. The van der Waals surface area contributed by atoms with Gasteiger partial charge in [0.15, 0.2) is 0 Å². The van der Waals surface area contributed by atoms with Crippen LogP contribution in [0.15, 0.2) is 0 Å². The van der Waals surface area contributed by atoms with E-state index in [9.17, 15) is 5.11 Å². The van der Waals surface area contributed by atoms with Crippen molar-refractivity contribution < 1.29 is 5.11 Å². The SMILES string of the molecule is CC(C)CCC[C@]1(C)CC[C@]2(C)[C@H](CC[C@@H]3[C@@]4(C)CC[C@H](O)C(C)(C)[C@@H]4CC[C@]32C)C1. The quantitative estimate of drug-likeness (QED) is 0.473. The molecule has 1 nitrogen and oxygen atoms in total. The molecule has 0 unspecified atom stereocenters. The second kappa shape index (κ2) is 7.74. The lowest BCUT2D eigenvalue weighted by molar-refractivity contribution is -0.236. The van der Waals surface area contributed by atoms with Crippen LogP contribution in [0.25, 0.3) is 0 Å². The maximum absolute atomic E-state index is 10.9. The highest BCUT2D eigenvalue weighted by atomic mass is 16.3. The highest BCUT2D eigenvalue weighted by molar-refractivity contribution is 5.16. The Kier molecular flexibility index (Phi) is 6.02. The summed E-state index contributed by atoms with van der Waals surface area (Å²) in [5, 5.41) is 10.9. The zero-order chi connectivity index (χ0) is 22.9. The molecule has 8 atom stereocenters. The topological polar surface area (TPSA) is 20.2 Å². The average Bonchev–Trinajstić information content (AvgIpc) is 2.66. The summed E-state index contributed by atoms with van der Waals surface area (Å²) in [7, 11) is 0. The van der Waals surface area contributed by atoms with Crippen molar-refractivity contribution in [3.05, 3.63) is 0 Å². The molecule has 0 radical (unpaired) electrons. The monoisotopic (exact) mass is 430 g/mol. The summed E-state index contributed by atoms with van der Waals surface area (Å²) in [5.41, 5.74) is 2.08. The van der Waals surface area contributed by atoms with E-state index in [-0.39, 0.29) is 11.5 Å². The Bertz CT molecular complexity index is 665. The van der Waals surface area contributed by atoms with Gasteiger partial charge in [-0.15, -0.1) is 0 Å². The zero-order valence-electron chi connectivity index (χ0n) is 22.3. The van der Waals surface area contributed by atoms with E-state index in [1.54, 1.807) is 0 Å². The first-order valence-corrected chi connectivity index (χ1v) is 14.0. The van der Waals surface area contributed by atoms with Crippen LogP contribution in [0.1, 0.15) is 132 Å². The molecule has 4 aliphatic carbocycles. The van der Waals surface area contributed by atoms with Crippen LogP contribution in [0.4, 0.5) is 0 Å². The molecular formula is C30H54O. The van der Waals surface area contributed by atoms with E-state index < -0.39 is 0 Å². The summed E-state index contributed by atoms with van der Waals surface area (Å²) in [6.07, 6.45) is 16.4. The Morgan fingerprint density at radius 2 is 1.48 bits per heavy atom. The van der Waals surface area contributed by atoms with Gasteiger partial charge in [-0.2, -0.15) is 0 Å². The van der Waals surface area contributed by atoms with Gasteiger partial charge < -0.3 is 5.11 Å². The van der Waals surface area contributed by atoms with Gasteiger partial charge in [0.2, 0.25) is 0 Å². The third-order valence-corrected chi connectivity index (χ3v) is 12.6. The van der Waals surface area contributed by atoms with Gasteiger partial charge in [0.05, 0.1) is 6.10 Å². The maximum atomic E-state index is 10.9. The van der Waals surface area contributed by atoms with Crippen LogP contribution >= 0.6 is 0 Å². The predicted molar refractivity (Wildman–Crippen MR) is 133 cm³/mol. The van der Waals surface area contributed by atoms with Gasteiger partial charge in [-0.3, -0.25) is 0 Å². The van der Waals surface area contributed by atoms with Crippen molar-refractivity contribution in [2.24, 2.45) is 50.7 Å². The molecule has 0 heterocycles. The van der Waals surface area contributed by atoms with Crippen molar-refractivity contribution in [3.8, 4) is 0 Å². The van der Waals surface area contributed by atoms with Crippen LogP contribution in [0, 0.1) is 50.7 Å². The van der Waals surface area contributed by atoms with Crippen molar-refractivity contribution >= 4 is 0 Å². The molecule has 4 fully saturated rings. The third-order valence-electron chi connectivity index (χ3n) is 12.6. The van der Waals surface area contributed by atoms with Crippen LogP contribution < -0.4 is 0 Å². The fourth-order valence-electron chi connectivity index (χ4n) is 10.3. The van der Waals surface area contributed by atoms with E-state index in [4.69, 9.17) is 0 Å². The maximum Gasteiger partial charge on any atom is 0.0594 e. The largest absolute Gasteiger partial charge is 0.393 e. The Morgan fingerprint density at radius 1 is 0.774 bits per heavy atom. The smallest absolute Gasteiger partial charge is 0.0594 e. The highest BCUT2D eigenvalue weighted by Gasteiger charge is 2.67. The predicted octanol–water partition coefficient (Wildman–Crippen LogP) is 8.64. The second-order valence-corrected chi connectivity index (χ2v) is 14.9. The third kappa shape index (κ3) is 3.57. The number of aliphatic hydroxyl groups excluding tert-OH is 1. The molecule has 1 N–H and O–H groups in total. The minimum absolute atomic E-state index is 0.0770. The summed E-state index contributed by atoms with van der Waals surface area (Å²) in [5.74, 6) is 3.30. The number of aliphatic hydroxyl groups is 1. The number of fused-ring (bicyclic) bond motifs is 5. The molecule has 4 saturated carbocycles. The van der Waals surface area contributed by atoms with Gasteiger partial charge in [0.1, 0.15) is 0 Å². The molecular weight excluding hydrogens is 376 g/mol. The van der Waals surface area contributed by atoms with Crippen molar-refractivity contribution in [2.45, 2.75) is 139 Å². The molecule has 0 aromatic carbocycles. The van der Waals surface area contributed by atoms with E-state index in [1.807, 2.05) is 0 Å². The first kappa shape index (κ1) is 24.1. The Hall–Kier alpha value is -0.0400. The molecule has 0 aliphatic heterocycles. The molecule has 180 valence electrons. The Morgan fingerprint density at radius 3 is 2.16 bits per heavy atom. The fourth-order valence-corrected chi connectivity index (χ4v) is 10.3. The van der Waals surface area contributed by atoms with Crippen LogP contribution in [0.5, 0.6) is 0 Å². The lowest BCUT2D eigenvalue weighted by atomic mass is 9.33. The molecule has 0 spiro atoms. The molecule has 1 heteroatoms. The van der Waals surface area contributed by atoms with Crippen LogP contribution in [0.3, 0.4) is 0 Å². The van der Waals surface area contributed by atoms with Gasteiger partial charge in [-0.1, -0.05) is 68.2 Å². The van der Waals surface area contributed by atoms with Gasteiger partial charge >= 0.3 is 0 Å². The van der Waals surface area contributed by atoms with E-state index >= 15 is 0 Å². The van der Waals surface area contributed by atoms with E-state index in [2.05, 4.69) is 55.4 Å². The van der Waals surface area contributed by atoms with Crippen LogP contribution in [-0.2, 0) is 0 Å². The molecule has 0 amide bonds. The first-order chi connectivity index (χ1) is 14.3. The summed E-state index contributed by atoms with van der Waals surface area (Å²) < 4.78 is 0. The minimum atomic E-state index is -0.108. The van der Waals surface area contributed by atoms with Crippen LogP contribution in [0.2, 0.25) is 0 Å². The van der Waals surface area contributed by atoms with Crippen molar-refractivity contribution in [3.63, 3.8) is 0 Å². The van der Waals surface area contributed by atoms with Gasteiger partial charge in [0.25, 0.3) is 0 Å². The molecule has 31 heavy (non-hydrogen) atoms. The molecule has 4 aliphatic rings. The first-order valence-electron chi connectivity index (χ1n) is 14.0. The molecule has 0 aromatic heterocycles. The van der Waals surface area contributed by atoms with Crippen molar-refractivity contribution in [1.82, 2.24) is 0 Å². The zero-order valence-corrected chi connectivity index (χ0v) is 22.3. The summed E-state index contributed by atoms with van der Waals surface area (Å²) in [6, 6.07) is 0. The normalized spacial score (nSPS) is 51.7. The lowest BCUT2D eigenvalue weighted by Crippen LogP contribution is -2.65. The standard InChI is InChI=1S/C30H54O/c1-21(2)10-9-15-27(5)18-19-29(7)22(20-27)11-12-24-28(6)16-14-25(31)26(3,4)23(28)13-17-30(24,29)8/h21-25,31H,9-20H2,1-8H3/t22-,23+,24-,25+,27-,28+,29-,30-/m1/s1. The van der Waals surface area contributed by atoms with E-state index in [1.165, 1.54) is 70.6 Å². The lowest BCUT2D eigenvalue weighted by Gasteiger charge is -2.72. The van der Waals surface area contributed by atoms with Crippen LogP contribution in [-0.4, -0.2) is 11.2 Å². The summed E-state index contributed by atoms with van der Waals surface area (Å²) in [6.45, 7) is 20.2. The minimum Gasteiger partial charge on any atom is -0.393 e. The van der Waals surface area contributed by atoms with E-state index in [0.717, 1.165) is 24.2 Å². The van der Waals surface area contributed by atoms with Gasteiger partial charge in [0, 0.05) is 0 Å². The number of hydrogen-bond acceptors (Lipinski definition) is 1. The molecule has 0 bridgehead atoms. The van der Waals surface area contributed by atoms with Gasteiger partial charge in [-0.05, 0) is 115 Å². The Labute approximate surface area is 194 Å². The fraction of sp³-hybridized carbons (Fsp3) is 1.00. The van der Waals surface area contributed by atoms with Gasteiger partial charge in [-0.25, -0.2) is 0 Å². The average molecular weight is 431 g/mol. The second-order valence-electron chi connectivity index (χ2n) is 14.9. The summed E-state index contributed by atoms with van der Waals surface area (Å²) in [4.78, 5) is 0. The highest BCUT2D eigenvalue weighted by Crippen LogP contribution is 2.74. The molecule has 0 saturated heterocycles. The van der Waals surface area contributed by atoms with Crippen molar-refractivity contribution in [2.75, 3.05) is 0 Å². The molecule has 0 aromatic rings. The van der Waals surface area contributed by atoms with Crippen molar-refractivity contribution in [1.29, 1.82) is 0 Å².